The second kappa shape index (κ2) is 5.55. The molecule has 1 aromatic carbocycles. The van der Waals surface area contributed by atoms with Gasteiger partial charge in [-0.25, -0.2) is 4.98 Å². The third-order valence-corrected chi connectivity index (χ3v) is 3.02. The Balaban J connectivity index is 2.15. The first-order valence-corrected chi connectivity index (χ1v) is 6.59. The van der Waals surface area contributed by atoms with Crippen LogP contribution in [0.25, 0.3) is 0 Å². The normalized spacial score (nSPS) is 10.1. The van der Waals surface area contributed by atoms with E-state index in [0.29, 0.717) is 5.56 Å². The predicted octanol–water partition coefficient (Wildman–Crippen LogP) is 2.65. The van der Waals surface area contributed by atoms with Crippen molar-refractivity contribution in [3.8, 4) is 0 Å². The van der Waals surface area contributed by atoms with Crippen molar-refractivity contribution in [2.45, 2.75) is 5.03 Å². The summed E-state index contributed by atoms with van der Waals surface area (Å²) in [5, 5.41) is 4.12. The molecule has 0 aliphatic rings. The number of rotatable bonds is 4. The first kappa shape index (κ1) is 12.4. The number of carbonyl (C=O) groups is 1. The number of thioether (sulfide) groups is 1. The SMILES string of the molecule is CSc1cccc(Nc2ccc(C(N)=O)cc2)n1. The molecule has 0 unspecified atom stereocenters. The second-order valence-electron chi connectivity index (χ2n) is 3.63. The fourth-order valence-corrected chi connectivity index (χ4v) is 1.87. The highest BCUT2D eigenvalue weighted by Crippen LogP contribution is 2.18. The molecular weight excluding hydrogens is 246 g/mol. The first-order chi connectivity index (χ1) is 8.69. The monoisotopic (exact) mass is 259 g/mol. The molecule has 1 amide bonds. The predicted molar refractivity (Wildman–Crippen MR) is 74.3 cm³/mol. The summed E-state index contributed by atoms with van der Waals surface area (Å²) in [6.07, 6.45) is 1.98. The van der Waals surface area contributed by atoms with Crippen LogP contribution < -0.4 is 11.1 Å². The lowest BCUT2D eigenvalue weighted by molar-refractivity contribution is 0.100. The summed E-state index contributed by atoms with van der Waals surface area (Å²) in [4.78, 5) is 15.3. The third-order valence-electron chi connectivity index (χ3n) is 2.37. The van der Waals surface area contributed by atoms with E-state index >= 15 is 0 Å². The number of aromatic nitrogens is 1. The highest BCUT2D eigenvalue weighted by Gasteiger charge is 2.01. The summed E-state index contributed by atoms with van der Waals surface area (Å²) in [7, 11) is 0. The summed E-state index contributed by atoms with van der Waals surface area (Å²) in [5.74, 6) is 0.345. The molecular formula is C13H13N3OS. The molecule has 0 saturated heterocycles. The van der Waals surface area contributed by atoms with Crippen LogP contribution in [0.2, 0.25) is 0 Å². The summed E-state index contributed by atoms with van der Waals surface area (Å²) in [6.45, 7) is 0. The van der Waals surface area contributed by atoms with Gasteiger partial charge in [0.25, 0.3) is 0 Å². The van der Waals surface area contributed by atoms with E-state index in [1.807, 2.05) is 24.5 Å². The number of nitrogens with two attached hydrogens (primary N) is 1. The second-order valence-corrected chi connectivity index (χ2v) is 4.46. The van der Waals surface area contributed by atoms with E-state index in [-0.39, 0.29) is 0 Å². The number of carbonyl (C=O) groups excluding carboxylic acids is 1. The van der Waals surface area contributed by atoms with Gasteiger partial charge in [-0.05, 0) is 42.7 Å². The molecule has 92 valence electrons. The van der Waals surface area contributed by atoms with Gasteiger partial charge in [-0.2, -0.15) is 0 Å². The van der Waals surface area contributed by atoms with Crippen molar-refractivity contribution in [2.24, 2.45) is 5.73 Å². The summed E-state index contributed by atoms with van der Waals surface area (Å²) in [5.41, 5.74) is 6.54. The molecule has 0 saturated carbocycles. The molecule has 4 nitrogen and oxygen atoms in total. The Kier molecular flexibility index (Phi) is 3.84. The zero-order chi connectivity index (χ0) is 13.0. The fourth-order valence-electron chi connectivity index (χ4n) is 1.46. The molecule has 2 rings (SSSR count). The minimum absolute atomic E-state index is 0.427. The van der Waals surface area contributed by atoms with Crippen molar-refractivity contribution >= 4 is 29.2 Å². The van der Waals surface area contributed by atoms with E-state index in [4.69, 9.17) is 5.73 Å². The van der Waals surface area contributed by atoms with Crippen LogP contribution in [0.1, 0.15) is 10.4 Å². The topological polar surface area (TPSA) is 68.0 Å². The minimum Gasteiger partial charge on any atom is -0.366 e. The van der Waals surface area contributed by atoms with Crippen LogP contribution in [0.5, 0.6) is 0 Å². The van der Waals surface area contributed by atoms with E-state index in [1.54, 1.807) is 36.0 Å². The number of anilines is 2. The van der Waals surface area contributed by atoms with Crippen molar-refractivity contribution in [2.75, 3.05) is 11.6 Å². The lowest BCUT2D eigenvalue weighted by Gasteiger charge is -2.06. The van der Waals surface area contributed by atoms with Crippen molar-refractivity contribution in [3.05, 3.63) is 48.0 Å². The standard InChI is InChI=1S/C13H13N3OS/c1-18-12-4-2-3-11(16-12)15-10-7-5-9(6-8-10)13(14)17/h2-8H,1H3,(H2,14,17)(H,15,16). The Morgan fingerprint density at radius 1 is 1.22 bits per heavy atom. The van der Waals surface area contributed by atoms with E-state index in [2.05, 4.69) is 10.3 Å². The number of hydrogen-bond acceptors (Lipinski definition) is 4. The molecule has 0 aliphatic heterocycles. The Bertz CT molecular complexity index is 554. The third kappa shape index (κ3) is 3.01. The minimum atomic E-state index is -0.427. The molecule has 1 aromatic heterocycles. The van der Waals surface area contributed by atoms with Gasteiger partial charge >= 0.3 is 0 Å². The molecule has 5 heteroatoms. The molecule has 0 radical (unpaired) electrons. The number of nitrogens with one attached hydrogen (secondary N) is 1. The number of hydrogen-bond donors (Lipinski definition) is 2. The maximum absolute atomic E-state index is 10.9. The summed E-state index contributed by atoms with van der Waals surface area (Å²) >= 11 is 1.59. The van der Waals surface area contributed by atoms with Crippen molar-refractivity contribution in [3.63, 3.8) is 0 Å². The molecule has 0 aliphatic carbocycles. The number of benzene rings is 1. The van der Waals surface area contributed by atoms with Gasteiger partial charge in [0.1, 0.15) is 5.82 Å². The van der Waals surface area contributed by atoms with Gasteiger partial charge in [-0.3, -0.25) is 4.79 Å². The van der Waals surface area contributed by atoms with E-state index in [9.17, 15) is 4.79 Å². The number of primary amides is 1. The molecule has 1 heterocycles. The highest BCUT2D eigenvalue weighted by molar-refractivity contribution is 7.98. The van der Waals surface area contributed by atoms with Gasteiger partial charge in [0, 0.05) is 11.3 Å². The smallest absolute Gasteiger partial charge is 0.248 e. The molecule has 0 spiro atoms. The molecule has 2 aromatic rings. The van der Waals surface area contributed by atoms with Crippen molar-refractivity contribution in [1.29, 1.82) is 0 Å². The van der Waals surface area contributed by atoms with Crippen LogP contribution in [0.3, 0.4) is 0 Å². The first-order valence-electron chi connectivity index (χ1n) is 5.37. The van der Waals surface area contributed by atoms with Gasteiger partial charge in [0.2, 0.25) is 5.91 Å². The Morgan fingerprint density at radius 2 is 1.94 bits per heavy atom. The van der Waals surface area contributed by atoms with Gasteiger partial charge < -0.3 is 11.1 Å². The van der Waals surface area contributed by atoms with Crippen LogP contribution >= 0.6 is 11.8 Å². The van der Waals surface area contributed by atoms with Crippen LogP contribution in [0, 0.1) is 0 Å². The van der Waals surface area contributed by atoms with Crippen LogP contribution in [0.15, 0.2) is 47.5 Å². The maximum atomic E-state index is 10.9. The number of amides is 1. The number of nitrogens with zero attached hydrogens (tertiary/aromatic N) is 1. The summed E-state index contributed by atoms with van der Waals surface area (Å²) in [6, 6.07) is 12.7. The van der Waals surface area contributed by atoms with Crippen molar-refractivity contribution < 1.29 is 4.79 Å². The van der Waals surface area contributed by atoms with Crippen LogP contribution in [-0.2, 0) is 0 Å². The van der Waals surface area contributed by atoms with E-state index < -0.39 is 5.91 Å². The summed E-state index contributed by atoms with van der Waals surface area (Å²) < 4.78 is 0. The van der Waals surface area contributed by atoms with E-state index in [1.165, 1.54) is 0 Å². The zero-order valence-electron chi connectivity index (χ0n) is 9.88. The molecule has 0 atom stereocenters. The lowest BCUT2D eigenvalue weighted by Crippen LogP contribution is -2.10. The van der Waals surface area contributed by atoms with Crippen LogP contribution in [-0.4, -0.2) is 17.1 Å². The molecule has 18 heavy (non-hydrogen) atoms. The van der Waals surface area contributed by atoms with Gasteiger partial charge in [-0.1, -0.05) is 6.07 Å². The number of pyridine rings is 1. The fraction of sp³-hybridized carbons (Fsp3) is 0.0769. The Labute approximate surface area is 110 Å². The van der Waals surface area contributed by atoms with Gasteiger partial charge in [0.15, 0.2) is 0 Å². The van der Waals surface area contributed by atoms with Gasteiger partial charge in [0.05, 0.1) is 5.03 Å². The van der Waals surface area contributed by atoms with Gasteiger partial charge in [-0.15, -0.1) is 11.8 Å². The lowest BCUT2D eigenvalue weighted by atomic mass is 10.2. The Morgan fingerprint density at radius 3 is 2.56 bits per heavy atom. The van der Waals surface area contributed by atoms with Crippen molar-refractivity contribution in [1.82, 2.24) is 4.98 Å². The quantitative estimate of drug-likeness (QED) is 0.828. The average Bonchev–Trinajstić information content (AvgIpc) is 2.39. The molecule has 0 bridgehead atoms. The largest absolute Gasteiger partial charge is 0.366 e. The highest BCUT2D eigenvalue weighted by atomic mass is 32.2. The van der Waals surface area contributed by atoms with Crippen LogP contribution in [0.4, 0.5) is 11.5 Å². The maximum Gasteiger partial charge on any atom is 0.248 e. The van der Waals surface area contributed by atoms with E-state index in [0.717, 1.165) is 16.5 Å². The molecule has 3 N–H and O–H groups in total. The zero-order valence-corrected chi connectivity index (χ0v) is 10.7. The Hall–Kier alpha value is -2.01. The average molecular weight is 259 g/mol. The molecule has 0 fully saturated rings.